The molecule has 2 heterocycles. The summed E-state index contributed by atoms with van der Waals surface area (Å²) >= 11 is 1.21. The Kier molecular flexibility index (Phi) is 3.92. The van der Waals surface area contributed by atoms with E-state index in [0.29, 0.717) is 21.0 Å². The van der Waals surface area contributed by atoms with E-state index in [1.165, 1.54) is 23.5 Å². The van der Waals surface area contributed by atoms with Gasteiger partial charge in [-0.1, -0.05) is 23.5 Å². The quantitative estimate of drug-likeness (QED) is 0.509. The molecule has 1 aliphatic rings. The summed E-state index contributed by atoms with van der Waals surface area (Å²) < 4.78 is 13.6. The van der Waals surface area contributed by atoms with Crippen LogP contribution in [0.1, 0.15) is 0 Å². The van der Waals surface area contributed by atoms with E-state index < -0.39 is 16.9 Å². The van der Waals surface area contributed by atoms with Gasteiger partial charge in [0.2, 0.25) is 6.10 Å². The number of nitro benzene ring substituents is 1. The molecule has 0 N–H and O–H groups in total. The Labute approximate surface area is 151 Å². The number of thiazole rings is 1. The third kappa shape index (κ3) is 2.82. The average Bonchev–Trinajstić information content (AvgIpc) is 2.96. The summed E-state index contributed by atoms with van der Waals surface area (Å²) in [5, 5.41) is 10.9. The average molecular weight is 371 g/mol. The SMILES string of the molecule is Cn1c(=NC(=O)[C@H]2COc3ccccc3O2)sc2cc([N+](=O)[O-])ccc21. The van der Waals surface area contributed by atoms with Crippen LogP contribution < -0.4 is 14.3 Å². The molecule has 1 amide bonds. The minimum absolute atomic E-state index is 0.00199. The number of para-hydroxylation sites is 2. The van der Waals surface area contributed by atoms with E-state index in [1.807, 2.05) is 6.07 Å². The van der Waals surface area contributed by atoms with Crippen LogP contribution in [0.5, 0.6) is 11.5 Å². The first kappa shape index (κ1) is 16.3. The molecule has 0 aliphatic carbocycles. The number of rotatable bonds is 2. The Morgan fingerprint density at radius 2 is 2.08 bits per heavy atom. The predicted molar refractivity (Wildman–Crippen MR) is 94.4 cm³/mol. The van der Waals surface area contributed by atoms with Gasteiger partial charge >= 0.3 is 0 Å². The predicted octanol–water partition coefficient (Wildman–Crippen LogP) is 2.42. The molecule has 9 heteroatoms. The number of non-ortho nitro benzene ring substituents is 1. The number of aromatic nitrogens is 1. The minimum Gasteiger partial charge on any atom is -0.485 e. The van der Waals surface area contributed by atoms with Crippen molar-refractivity contribution in [3.8, 4) is 11.5 Å². The Bertz CT molecular complexity index is 1100. The molecule has 132 valence electrons. The largest absolute Gasteiger partial charge is 0.485 e. The normalized spacial score (nSPS) is 16.7. The lowest BCUT2D eigenvalue weighted by Gasteiger charge is -2.23. The number of nitro groups is 1. The molecule has 0 fully saturated rings. The van der Waals surface area contributed by atoms with Crippen molar-refractivity contribution in [1.82, 2.24) is 4.57 Å². The van der Waals surface area contributed by atoms with E-state index in [-0.39, 0.29) is 12.3 Å². The van der Waals surface area contributed by atoms with Crippen molar-refractivity contribution >= 4 is 33.1 Å². The van der Waals surface area contributed by atoms with Gasteiger partial charge in [0.25, 0.3) is 11.6 Å². The van der Waals surface area contributed by atoms with Crippen molar-refractivity contribution in [2.75, 3.05) is 6.61 Å². The number of amides is 1. The molecule has 4 rings (SSSR count). The van der Waals surface area contributed by atoms with Crippen molar-refractivity contribution in [2.24, 2.45) is 12.0 Å². The molecule has 0 unspecified atom stereocenters. The lowest BCUT2D eigenvalue weighted by Crippen LogP contribution is -2.36. The number of ether oxygens (including phenoxy) is 2. The second-order valence-corrected chi connectivity index (χ2v) is 6.68. The summed E-state index contributed by atoms with van der Waals surface area (Å²) in [6.07, 6.45) is -0.829. The number of fused-ring (bicyclic) bond motifs is 2. The van der Waals surface area contributed by atoms with Gasteiger partial charge in [-0.3, -0.25) is 14.9 Å². The van der Waals surface area contributed by atoms with Gasteiger partial charge in [-0.05, 0) is 18.2 Å². The Hall–Kier alpha value is -3.20. The van der Waals surface area contributed by atoms with E-state index >= 15 is 0 Å². The van der Waals surface area contributed by atoms with Crippen LogP contribution in [0.2, 0.25) is 0 Å². The second kappa shape index (κ2) is 6.26. The summed E-state index contributed by atoms with van der Waals surface area (Å²) in [5.74, 6) is 0.635. The monoisotopic (exact) mass is 371 g/mol. The number of carbonyl (C=O) groups is 1. The first-order valence-corrected chi connectivity index (χ1v) is 8.55. The molecule has 1 aromatic heterocycles. The Balaban J connectivity index is 1.67. The molecule has 1 aliphatic heterocycles. The maximum atomic E-state index is 12.5. The molecule has 26 heavy (non-hydrogen) atoms. The highest BCUT2D eigenvalue weighted by Gasteiger charge is 2.27. The third-order valence-corrected chi connectivity index (χ3v) is 5.09. The molecule has 0 spiro atoms. The maximum Gasteiger partial charge on any atom is 0.292 e. The number of hydrogen-bond acceptors (Lipinski definition) is 6. The highest BCUT2D eigenvalue weighted by Crippen LogP contribution is 2.31. The van der Waals surface area contributed by atoms with Gasteiger partial charge in [0.1, 0.15) is 6.61 Å². The van der Waals surface area contributed by atoms with Crippen molar-refractivity contribution in [3.63, 3.8) is 0 Å². The van der Waals surface area contributed by atoms with Crippen LogP contribution in [0.25, 0.3) is 10.2 Å². The van der Waals surface area contributed by atoms with Gasteiger partial charge in [-0.25, -0.2) is 0 Å². The van der Waals surface area contributed by atoms with Crippen LogP contribution in [0.4, 0.5) is 5.69 Å². The maximum absolute atomic E-state index is 12.5. The van der Waals surface area contributed by atoms with Crippen molar-refractivity contribution < 1.29 is 19.2 Å². The second-order valence-electron chi connectivity index (χ2n) is 5.67. The summed E-state index contributed by atoms with van der Waals surface area (Å²) in [7, 11) is 1.75. The number of nitrogens with zero attached hydrogens (tertiary/aromatic N) is 3. The van der Waals surface area contributed by atoms with Crippen molar-refractivity contribution in [2.45, 2.75) is 6.10 Å². The molecule has 3 aromatic rings. The van der Waals surface area contributed by atoms with E-state index in [4.69, 9.17) is 9.47 Å². The molecule has 2 aromatic carbocycles. The Morgan fingerprint density at radius 1 is 1.31 bits per heavy atom. The topological polar surface area (TPSA) is 96.0 Å². The molecule has 0 saturated carbocycles. The molecule has 0 saturated heterocycles. The lowest BCUT2D eigenvalue weighted by atomic mass is 10.2. The van der Waals surface area contributed by atoms with Crippen molar-refractivity contribution in [1.29, 1.82) is 0 Å². The van der Waals surface area contributed by atoms with E-state index in [0.717, 1.165) is 5.52 Å². The van der Waals surface area contributed by atoms with Gasteiger partial charge in [-0.2, -0.15) is 4.99 Å². The van der Waals surface area contributed by atoms with E-state index in [1.54, 1.807) is 35.9 Å². The first-order valence-electron chi connectivity index (χ1n) is 7.74. The standard InChI is InChI=1S/C17H13N3O5S/c1-19-11-7-6-10(20(22)23)8-15(11)26-17(19)18-16(21)14-9-24-12-4-2-3-5-13(12)25-14/h2-8,14H,9H2,1H3/t14-/m1/s1. The van der Waals surface area contributed by atoms with Gasteiger partial charge in [0.05, 0.1) is 15.1 Å². The third-order valence-electron chi connectivity index (χ3n) is 3.99. The van der Waals surface area contributed by atoms with E-state index in [2.05, 4.69) is 4.99 Å². The number of benzene rings is 2. The number of aryl methyl sites for hydroxylation is 1. The summed E-state index contributed by atoms with van der Waals surface area (Å²) in [5.41, 5.74) is 0.760. The van der Waals surface area contributed by atoms with Crippen LogP contribution in [0, 0.1) is 10.1 Å². The highest BCUT2D eigenvalue weighted by molar-refractivity contribution is 7.16. The molecule has 8 nitrogen and oxygen atoms in total. The van der Waals surface area contributed by atoms with Crippen LogP contribution in [-0.4, -0.2) is 28.1 Å². The fourth-order valence-corrected chi connectivity index (χ4v) is 3.71. The molecule has 0 radical (unpaired) electrons. The van der Waals surface area contributed by atoms with Crippen LogP contribution in [0.3, 0.4) is 0 Å². The zero-order valence-electron chi connectivity index (χ0n) is 13.6. The lowest BCUT2D eigenvalue weighted by molar-refractivity contribution is -0.384. The molecular weight excluding hydrogens is 358 g/mol. The molecule has 0 bridgehead atoms. The van der Waals surface area contributed by atoms with Gasteiger partial charge in [-0.15, -0.1) is 0 Å². The summed E-state index contributed by atoms with van der Waals surface area (Å²) in [4.78, 5) is 27.5. The fourth-order valence-electron chi connectivity index (χ4n) is 2.65. The Morgan fingerprint density at radius 3 is 2.85 bits per heavy atom. The smallest absolute Gasteiger partial charge is 0.292 e. The number of hydrogen-bond donors (Lipinski definition) is 0. The zero-order chi connectivity index (χ0) is 18.3. The summed E-state index contributed by atoms with van der Waals surface area (Å²) in [6.45, 7) is 0.0828. The van der Waals surface area contributed by atoms with Crippen LogP contribution in [0.15, 0.2) is 47.5 Å². The minimum atomic E-state index is -0.829. The van der Waals surface area contributed by atoms with Crippen molar-refractivity contribution in [3.05, 3.63) is 57.4 Å². The highest BCUT2D eigenvalue weighted by atomic mass is 32.1. The van der Waals surface area contributed by atoms with Crippen LogP contribution >= 0.6 is 11.3 Å². The summed E-state index contributed by atoms with van der Waals surface area (Å²) in [6, 6.07) is 11.7. The molecule has 1 atom stereocenters. The van der Waals surface area contributed by atoms with Crippen LogP contribution in [-0.2, 0) is 11.8 Å². The first-order chi connectivity index (χ1) is 12.5. The molecular formula is C17H13N3O5S. The fraction of sp³-hybridized carbons (Fsp3) is 0.176. The van der Waals surface area contributed by atoms with Gasteiger partial charge < -0.3 is 14.0 Å². The zero-order valence-corrected chi connectivity index (χ0v) is 14.4. The van der Waals surface area contributed by atoms with Gasteiger partial charge in [0, 0.05) is 19.2 Å². The van der Waals surface area contributed by atoms with Gasteiger partial charge in [0.15, 0.2) is 16.3 Å². The van der Waals surface area contributed by atoms with E-state index in [9.17, 15) is 14.9 Å². The number of carbonyl (C=O) groups excluding carboxylic acids is 1.